The van der Waals surface area contributed by atoms with Gasteiger partial charge in [0.15, 0.2) is 0 Å². The maximum absolute atomic E-state index is 11.4. The van der Waals surface area contributed by atoms with Gasteiger partial charge in [-0.05, 0) is 12.1 Å². The number of amides is 1. The summed E-state index contributed by atoms with van der Waals surface area (Å²) in [4.78, 5) is 26.9. The van der Waals surface area contributed by atoms with Gasteiger partial charge < -0.3 is 14.7 Å². The van der Waals surface area contributed by atoms with Crippen LogP contribution >= 0.6 is 0 Å². The summed E-state index contributed by atoms with van der Waals surface area (Å²) in [5.74, 6) is -0.950. The first-order valence-corrected chi connectivity index (χ1v) is 5.09. The second-order valence-electron chi connectivity index (χ2n) is 3.44. The summed E-state index contributed by atoms with van der Waals surface area (Å²) in [6.45, 7) is 0.202. The number of hydrogen-bond donors (Lipinski definition) is 1. The van der Waals surface area contributed by atoms with Crippen molar-refractivity contribution in [2.24, 2.45) is 0 Å². The standard InChI is InChI=1S/C11H14N2O4/c1-13(7-5-10(14)15)11(16)17-8-9-4-2-3-6-12-9/h2-4,6H,5,7-8H2,1H3,(H,14,15). The van der Waals surface area contributed by atoms with Crippen molar-refractivity contribution in [2.75, 3.05) is 13.6 Å². The zero-order valence-corrected chi connectivity index (χ0v) is 9.50. The van der Waals surface area contributed by atoms with E-state index in [0.29, 0.717) is 5.69 Å². The zero-order chi connectivity index (χ0) is 12.7. The Morgan fingerprint density at radius 1 is 1.47 bits per heavy atom. The molecule has 1 N–H and O–H groups in total. The van der Waals surface area contributed by atoms with Crippen molar-refractivity contribution >= 4 is 12.1 Å². The lowest BCUT2D eigenvalue weighted by Gasteiger charge is -2.15. The molecule has 92 valence electrons. The number of carbonyl (C=O) groups excluding carboxylic acids is 1. The third-order valence-electron chi connectivity index (χ3n) is 2.04. The number of rotatable bonds is 5. The van der Waals surface area contributed by atoms with Crippen LogP contribution in [0.15, 0.2) is 24.4 Å². The molecule has 0 radical (unpaired) electrons. The van der Waals surface area contributed by atoms with E-state index >= 15 is 0 Å². The Morgan fingerprint density at radius 3 is 2.82 bits per heavy atom. The Hall–Kier alpha value is -2.11. The number of ether oxygens (including phenoxy) is 1. The van der Waals surface area contributed by atoms with Gasteiger partial charge in [0, 0.05) is 19.8 Å². The highest BCUT2D eigenvalue weighted by molar-refractivity contribution is 5.70. The van der Waals surface area contributed by atoms with Crippen molar-refractivity contribution in [3.63, 3.8) is 0 Å². The molecule has 0 aliphatic heterocycles. The third-order valence-corrected chi connectivity index (χ3v) is 2.04. The van der Waals surface area contributed by atoms with Crippen molar-refractivity contribution in [1.82, 2.24) is 9.88 Å². The molecule has 0 spiro atoms. The minimum absolute atomic E-state index is 0.0804. The fourth-order valence-corrected chi connectivity index (χ4v) is 1.08. The molecule has 0 aliphatic carbocycles. The van der Waals surface area contributed by atoms with E-state index in [4.69, 9.17) is 9.84 Å². The van der Waals surface area contributed by atoms with Gasteiger partial charge in [0.2, 0.25) is 0 Å². The molecule has 0 bridgehead atoms. The fourth-order valence-electron chi connectivity index (χ4n) is 1.08. The Morgan fingerprint density at radius 2 is 2.24 bits per heavy atom. The molecule has 1 aromatic heterocycles. The molecular weight excluding hydrogens is 224 g/mol. The summed E-state index contributed by atoms with van der Waals surface area (Å²) < 4.78 is 4.95. The van der Waals surface area contributed by atoms with Gasteiger partial charge in [-0.3, -0.25) is 9.78 Å². The van der Waals surface area contributed by atoms with Crippen LogP contribution in [0.25, 0.3) is 0 Å². The number of hydrogen-bond acceptors (Lipinski definition) is 4. The lowest BCUT2D eigenvalue weighted by molar-refractivity contribution is -0.137. The van der Waals surface area contributed by atoms with Gasteiger partial charge in [0.25, 0.3) is 0 Å². The van der Waals surface area contributed by atoms with Gasteiger partial charge in [-0.2, -0.15) is 0 Å². The Bertz CT molecular complexity index is 380. The molecular formula is C11H14N2O4. The number of carboxylic acids is 1. The molecule has 0 saturated heterocycles. The van der Waals surface area contributed by atoms with E-state index in [-0.39, 0.29) is 19.6 Å². The highest BCUT2D eigenvalue weighted by Crippen LogP contribution is 1.99. The average molecular weight is 238 g/mol. The van der Waals surface area contributed by atoms with Gasteiger partial charge in [-0.15, -0.1) is 0 Å². The molecule has 0 unspecified atom stereocenters. The van der Waals surface area contributed by atoms with Crippen LogP contribution in [-0.2, 0) is 16.1 Å². The zero-order valence-electron chi connectivity index (χ0n) is 9.50. The van der Waals surface area contributed by atoms with Crippen LogP contribution in [0.1, 0.15) is 12.1 Å². The maximum atomic E-state index is 11.4. The highest BCUT2D eigenvalue weighted by atomic mass is 16.6. The number of aliphatic carboxylic acids is 1. The molecule has 0 aromatic carbocycles. The molecule has 1 amide bonds. The summed E-state index contributed by atoms with van der Waals surface area (Å²) in [5, 5.41) is 8.46. The van der Waals surface area contributed by atoms with E-state index in [0.717, 1.165) is 0 Å². The highest BCUT2D eigenvalue weighted by Gasteiger charge is 2.11. The summed E-state index contributed by atoms with van der Waals surface area (Å²) in [6, 6.07) is 5.30. The summed E-state index contributed by atoms with van der Waals surface area (Å²) in [6.07, 6.45) is 0.948. The van der Waals surface area contributed by atoms with Crippen LogP contribution in [0.5, 0.6) is 0 Å². The molecule has 6 heteroatoms. The van der Waals surface area contributed by atoms with Gasteiger partial charge in [0.1, 0.15) is 6.61 Å². The van der Waals surface area contributed by atoms with E-state index in [1.165, 1.54) is 11.9 Å². The number of carbonyl (C=O) groups is 2. The van der Waals surface area contributed by atoms with Crippen molar-refractivity contribution in [2.45, 2.75) is 13.0 Å². The minimum atomic E-state index is -0.950. The third kappa shape index (κ3) is 4.96. The second-order valence-corrected chi connectivity index (χ2v) is 3.44. The summed E-state index contributed by atoms with van der Waals surface area (Å²) in [5.41, 5.74) is 0.646. The molecule has 17 heavy (non-hydrogen) atoms. The molecule has 1 rings (SSSR count). The summed E-state index contributed by atoms with van der Waals surface area (Å²) in [7, 11) is 1.49. The molecule has 1 heterocycles. The van der Waals surface area contributed by atoms with Crippen LogP contribution < -0.4 is 0 Å². The van der Waals surface area contributed by atoms with Gasteiger partial charge in [-0.1, -0.05) is 6.07 Å². The molecule has 0 saturated carbocycles. The lowest BCUT2D eigenvalue weighted by atomic mass is 10.4. The predicted octanol–water partition coefficient (Wildman–Crippen LogP) is 1.12. The van der Waals surface area contributed by atoms with Crippen LogP contribution in [0.2, 0.25) is 0 Å². The molecule has 0 atom stereocenters. The van der Waals surface area contributed by atoms with E-state index in [1.54, 1.807) is 24.4 Å². The average Bonchev–Trinajstić information content (AvgIpc) is 2.34. The SMILES string of the molecule is CN(CCC(=O)O)C(=O)OCc1ccccn1. The number of carboxylic acid groups (broad SMARTS) is 1. The quantitative estimate of drug-likeness (QED) is 0.831. The number of nitrogens with zero attached hydrogens (tertiary/aromatic N) is 2. The van der Waals surface area contributed by atoms with E-state index in [2.05, 4.69) is 4.98 Å². The van der Waals surface area contributed by atoms with Crippen LogP contribution in [0.4, 0.5) is 4.79 Å². The van der Waals surface area contributed by atoms with E-state index < -0.39 is 12.1 Å². The maximum Gasteiger partial charge on any atom is 0.409 e. The first-order valence-electron chi connectivity index (χ1n) is 5.09. The summed E-state index contributed by atoms with van der Waals surface area (Å²) >= 11 is 0. The van der Waals surface area contributed by atoms with Crippen molar-refractivity contribution < 1.29 is 19.4 Å². The van der Waals surface area contributed by atoms with Crippen molar-refractivity contribution in [3.8, 4) is 0 Å². The molecule has 6 nitrogen and oxygen atoms in total. The number of pyridine rings is 1. The lowest BCUT2D eigenvalue weighted by Crippen LogP contribution is -2.29. The first kappa shape index (κ1) is 13.0. The van der Waals surface area contributed by atoms with Crippen LogP contribution in [0.3, 0.4) is 0 Å². The molecule has 0 fully saturated rings. The number of aromatic nitrogens is 1. The Kier molecular flexibility index (Phi) is 4.93. The van der Waals surface area contributed by atoms with Crippen molar-refractivity contribution in [1.29, 1.82) is 0 Å². The van der Waals surface area contributed by atoms with Gasteiger partial charge >= 0.3 is 12.1 Å². The van der Waals surface area contributed by atoms with Crippen molar-refractivity contribution in [3.05, 3.63) is 30.1 Å². The Balaban J connectivity index is 2.32. The normalized spacial score (nSPS) is 9.71. The van der Waals surface area contributed by atoms with Crippen LogP contribution in [0, 0.1) is 0 Å². The largest absolute Gasteiger partial charge is 0.481 e. The van der Waals surface area contributed by atoms with E-state index in [9.17, 15) is 9.59 Å². The fraction of sp³-hybridized carbons (Fsp3) is 0.364. The van der Waals surface area contributed by atoms with E-state index in [1.807, 2.05) is 0 Å². The predicted molar refractivity (Wildman–Crippen MR) is 59.3 cm³/mol. The second kappa shape index (κ2) is 6.47. The topological polar surface area (TPSA) is 79.7 Å². The molecule has 1 aromatic rings. The smallest absolute Gasteiger partial charge is 0.409 e. The van der Waals surface area contributed by atoms with Gasteiger partial charge in [-0.25, -0.2) is 4.79 Å². The minimum Gasteiger partial charge on any atom is -0.481 e. The van der Waals surface area contributed by atoms with Crippen LogP contribution in [-0.4, -0.2) is 40.6 Å². The monoisotopic (exact) mass is 238 g/mol. The van der Waals surface area contributed by atoms with Gasteiger partial charge in [0.05, 0.1) is 12.1 Å². The Labute approximate surface area is 98.8 Å². The molecule has 0 aliphatic rings. The first-order chi connectivity index (χ1) is 8.09.